The Kier molecular flexibility index (Phi) is 5.53. The summed E-state index contributed by atoms with van der Waals surface area (Å²) in [7, 11) is 2.21. The number of anilines is 3. The van der Waals surface area contributed by atoms with Gasteiger partial charge in [0.2, 0.25) is 0 Å². The molecule has 176 valence electrons. The van der Waals surface area contributed by atoms with Gasteiger partial charge in [0.1, 0.15) is 11.4 Å². The first-order chi connectivity index (χ1) is 16.7. The second-order valence-corrected chi connectivity index (χ2v) is 10.0. The van der Waals surface area contributed by atoms with E-state index in [1.165, 1.54) is 17.0 Å². The number of allylic oxidation sites excluding steroid dienone is 4. The fourth-order valence-electron chi connectivity index (χ4n) is 5.64. The summed E-state index contributed by atoms with van der Waals surface area (Å²) in [4.78, 5) is 9.10. The molecule has 1 aromatic heterocycles. The van der Waals surface area contributed by atoms with E-state index in [2.05, 4.69) is 75.1 Å². The number of hydrogen-bond acceptors (Lipinski definition) is 6. The average Bonchev–Trinajstić information content (AvgIpc) is 3.28. The topological polar surface area (TPSA) is 52.7 Å². The molecule has 0 saturated carbocycles. The van der Waals surface area contributed by atoms with E-state index >= 15 is 0 Å². The van der Waals surface area contributed by atoms with Gasteiger partial charge >= 0.3 is 0 Å². The molecule has 0 amide bonds. The highest BCUT2D eigenvalue weighted by Gasteiger charge is 2.42. The first-order valence-corrected chi connectivity index (χ1v) is 12.4. The first kappa shape index (κ1) is 21.3. The number of hydrogen-bond donors (Lipinski definition) is 2. The summed E-state index contributed by atoms with van der Waals surface area (Å²) < 4.78 is 6.81. The van der Waals surface area contributed by atoms with E-state index in [4.69, 9.17) is 4.74 Å². The number of nitrogens with zero attached hydrogens (tertiary/aromatic N) is 3. The Morgan fingerprint density at radius 3 is 2.85 bits per heavy atom. The molecule has 1 spiro atoms. The fraction of sp³-hybridized carbons (Fsp3) is 0.393. The first-order valence-electron chi connectivity index (χ1n) is 12.4. The molecule has 6 nitrogen and oxygen atoms in total. The minimum absolute atomic E-state index is 0.115. The number of rotatable bonds is 5. The normalized spacial score (nSPS) is 22.9. The second-order valence-electron chi connectivity index (χ2n) is 10.0. The predicted octanol–water partition coefficient (Wildman–Crippen LogP) is 4.83. The lowest BCUT2D eigenvalue weighted by Crippen LogP contribution is -2.56. The van der Waals surface area contributed by atoms with E-state index in [1.54, 1.807) is 0 Å². The van der Waals surface area contributed by atoms with Crippen LogP contribution in [-0.2, 0) is 0 Å². The van der Waals surface area contributed by atoms with Crippen molar-refractivity contribution in [2.24, 2.45) is 5.92 Å². The van der Waals surface area contributed by atoms with E-state index in [-0.39, 0.29) is 5.60 Å². The number of fused-ring (bicyclic) bond motifs is 2. The smallest absolute Gasteiger partial charge is 0.145 e. The van der Waals surface area contributed by atoms with Gasteiger partial charge < -0.3 is 25.2 Å². The van der Waals surface area contributed by atoms with Crippen LogP contribution in [0.5, 0.6) is 5.75 Å². The minimum atomic E-state index is -0.115. The average molecular weight is 456 g/mol. The zero-order chi connectivity index (χ0) is 23.0. The lowest BCUT2D eigenvalue weighted by Gasteiger charge is -2.48. The van der Waals surface area contributed by atoms with Gasteiger partial charge in [0.15, 0.2) is 0 Å². The maximum absolute atomic E-state index is 6.81. The summed E-state index contributed by atoms with van der Waals surface area (Å²) in [6.45, 7) is 4.12. The van der Waals surface area contributed by atoms with E-state index in [1.807, 2.05) is 24.5 Å². The van der Waals surface area contributed by atoms with Crippen molar-refractivity contribution in [3.05, 3.63) is 78.4 Å². The predicted molar refractivity (Wildman–Crippen MR) is 137 cm³/mol. The van der Waals surface area contributed by atoms with Crippen LogP contribution in [0.4, 0.5) is 17.1 Å². The lowest BCUT2D eigenvalue weighted by atomic mass is 9.88. The van der Waals surface area contributed by atoms with Crippen molar-refractivity contribution in [1.82, 2.24) is 15.2 Å². The molecule has 6 heteroatoms. The van der Waals surface area contributed by atoms with Crippen LogP contribution in [0.2, 0.25) is 0 Å². The van der Waals surface area contributed by atoms with Crippen LogP contribution in [-0.4, -0.2) is 48.7 Å². The van der Waals surface area contributed by atoms with E-state index < -0.39 is 0 Å². The molecule has 1 aromatic carbocycles. The van der Waals surface area contributed by atoms with Crippen LogP contribution in [0.1, 0.15) is 25.7 Å². The Balaban J connectivity index is 1.24. The lowest BCUT2D eigenvalue weighted by molar-refractivity contribution is 0.00705. The van der Waals surface area contributed by atoms with Crippen molar-refractivity contribution in [2.75, 3.05) is 43.4 Å². The summed E-state index contributed by atoms with van der Waals surface area (Å²) >= 11 is 0. The van der Waals surface area contributed by atoms with E-state index in [0.717, 1.165) is 69.0 Å². The van der Waals surface area contributed by atoms with Crippen LogP contribution in [0, 0.1) is 5.92 Å². The van der Waals surface area contributed by atoms with Crippen molar-refractivity contribution < 1.29 is 4.74 Å². The molecule has 2 aromatic rings. The van der Waals surface area contributed by atoms with Crippen molar-refractivity contribution in [3.63, 3.8) is 0 Å². The Morgan fingerprint density at radius 2 is 2.00 bits per heavy atom. The largest absolute Gasteiger partial charge is 0.483 e. The molecule has 4 heterocycles. The zero-order valence-corrected chi connectivity index (χ0v) is 19.8. The summed E-state index contributed by atoms with van der Waals surface area (Å²) in [6, 6.07) is 10.5. The third-order valence-corrected chi connectivity index (χ3v) is 7.67. The van der Waals surface area contributed by atoms with Gasteiger partial charge in [0, 0.05) is 80.1 Å². The summed E-state index contributed by atoms with van der Waals surface area (Å²) in [5.41, 5.74) is 6.02. The van der Waals surface area contributed by atoms with E-state index in [0.29, 0.717) is 5.92 Å². The summed E-state index contributed by atoms with van der Waals surface area (Å²) in [5, 5.41) is 6.99. The second kappa shape index (κ2) is 8.84. The number of aromatic nitrogens is 1. The third-order valence-electron chi connectivity index (χ3n) is 7.67. The molecule has 1 fully saturated rings. The minimum Gasteiger partial charge on any atom is -0.483 e. The number of ether oxygens (including phenoxy) is 1. The van der Waals surface area contributed by atoms with Gasteiger partial charge in [-0.3, -0.25) is 4.98 Å². The molecule has 2 N–H and O–H groups in total. The number of nitrogens with one attached hydrogen (secondary N) is 2. The molecule has 0 bridgehead atoms. The van der Waals surface area contributed by atoms with Gasteiger partial charge in [-0.1, -0.05) is 12.2 Å². The fourth-order valence-corrected chi connectivity index (χ4v) is 5.64. The number of benzene rings is 1. The standard InChI is InChI=1S/C28H33N5O/c1-32-16-11-28(12-17-32)20-33(15-10-21-19-30-25-5-3-2-4-24(21)25)26-7-6-23(18-27(26)34-28)31-22-8-13-29-14-9-22/h2-3,5-9,13-14,18-19,24,30H,4,10-12,15-17,20H2,1H3,(H,29,31). The van der Waals surface area contributed by atoms with Crippen LogP contribution in [0.15, 0.2) is 78.4 Å². The summed E-state index contributed by atoms with van der Waals surface area (Å²) in [6.07, 6.45) is 16.8. The van der Waals surface area contributed by atoms with E-state index in [9.17, 15) is 0 Å². The molecule has 1 atom stereocenters. The molecule has 1 aliphatic carbocycles. The van der Waals surface area contributed by atoms with Gasteiger partial charge in [-0.2, -0.15) is 0 Å². The van der Waals surface area contributed by atoms with Gasteiger partial charge in [-0.05, 0) is 55.8 Å². The van der Waals surface area contributed by atoms with Crippen molar-refractivity contribution in [3.8, 4) is 5.75 Å². The number of pyridine rings is 1. The highest BCUT2D eigenvalue weighted by molar-refractivity contribution is 5.70. The molecule has 6 rings (SSSR count). The van der Waals surface area contributed by atoms with Crippen LogP contribution < -0.4 is 20.3 Å². The van der Waals surface area contributed by atoms with Crippen molar-refractivity contribution >= 4 is 17.1 Å². The van der Waals surface area contributed by atoms with Gasteiger partial charge in [-0.15, -0.1) is 0 Å². The van der Waals surface area contributed by atoms with Crippen molar-refractivity contribution in [1.29, 1.82) is 0 Å². The van der Waals surface area contributed by atoms with Gasteiger partial charge in [0.05, 0.1) is 12.2 Å². The SMILES string of the molecule is CN1CCC2(CC1)CN(CCC1=CNC3=CC=CCC13)c1ccc(Nc3ccncc3)cc1O2. The molecule has 3 aliphatic heterocycles. The molecular weight excluding hydrogens is 422 g/mol. The summed E-state index contributed by atoms with van der Waals surface area (Å²) in [5.74, 6) is 1.52. The Bertz CT molecular complexity index is 1130. The Morgan fingerprint density at radius 1 is 1.15 bits per heavy atom. The maximum Gasteiger partial charge on any atom is 0.145 e. The molecular formula is C28H33N5O. The third kappa shape index (κ3) is 4.18. The van der Waals surface area contributed by atoms with Crippen LogP contribution in [0.3, 0.4) is 0 Å². The zero-order valence-electron chi connectivity index (χ0n) is 19.8. The van der Waals surface area contributed by atoms with Crippen LogP contribution in [0.25, 0.3) is 0 Å². The molecule has 1 saturated heterocycles. The highest BCUT2D eigenvalue weighted by atomic mass is 16.5. The van der Waals surface area contributed by atoms with Crippen molar-refractivity contribution in [2.45, 2.75) is 31.3 Å². The van der Waals surface area contributed by atoms with Gasteiger partial charge in [0.25, 0.3) is 0 Å². The quantitative estimate of drug-likeness (QED) is 0.674. The Labute approximate surface area is 202 Å². The maximum atomic E-state index is 6.81. The highest BCUT2D eigenvalue weighted by Crippen LogP contribution is 2.43. The Hall–Kier alpha value is -3.25. The molecule has 4 aliphatic rings. The van der Waals surface area contributed by atoms with Gasteiger partial charge in [-0.25, -0.2) is 0 Å². The molecule has 34 heavy (non-hydrogen) atoms. The molecule has 1 unspecified atom stereocenters. The van der Waals surface area contributed by atoms with Crippen LogP contribution >= 0.6 is 0 Å². The number of piperidine rings is 1. The molecule has 0 radical (unpaired) electrons. The monoisotopic (exact) mass is 455 g/mol. The number of likely N-dealkylation sites (tertiary alicyclic amines) is 1.